The van der Waals surface area contributed by atoms with Gasteiger partial charge in [-0.05, 0) is 42.5 Å². The highest BCUT2D eigenvalue weighted by atomic mass is 16.7. The highest BCUT2D eigenvalue weighted by Crippen LogP contribution is 2.33. The second-order valence-corrected chi connectivity index (χ2v) is 7.85. The molecule has 0 radical (unpaired) electrons. The number of benzene rings is 2. The molecule has 1 unspecified atom stereocenters. The third-order valence-electron chi connectivity index (χ3n) is 5.65. The summed E-state index contributed by atoms with van der Waals surface area (Å²) in [5.41, 5.74) is 19.1. The molecule has 0 saturated heterocycles. The lowest BCUT2D eigenvalue weighted by Gasteiger charge is -2.28. The maximum Gasteiger partial charge on any atom is 0.513 e. The van der Waals surface area contributed by atoms with Crippen LogP contribution in [-0.2, 0) is 4.74 Å². The van der Waals surface area contributed by atoms with Crippen LogP contribution < -0.4 is 26.8 Å². The van der Waals surface area contributed by atoms with Crippen molar-refractivity contribution in [1.29, 1.82) is 5.41 Å². The summed E-state index contributed by atoms with van der Waals surface area (Å²) in [7, 11) is 0. The number of aliphatic imine (C=N–C) groups is 1. The fourth-order valence-corrected chi connectivity index (χ4v) is 3.85. The number of hydrogen-bond acceptors (Lipinski definition) is 9. The molecule has 7 N–H and O–H groups in total. The summed E-state index contributed by atoms with van der Waals surface area (Å²) in [6, 6.07) is 12.1. The molecule has 4 rings (SSSR count). The first-order chi connectivity index (χ1) is 17.3. The summed E-state index contributed by atoms with van der Waals surface area (Å²) < 4.78 is 10.0. The minimum atomic E-state index is -0.954. The van der Waals surface area contributed by atoms with Crippen molar-refractivity contribution in [1.82, 2.24) is 0 Å². The van der Waals surface area contributed by atoms with Gasteiger partial charge in [0.15, 0.2) is 17.5 Å². The van der Waals surface area contributed by atoms with Crippen LogP contribution in [-0.4, -0.2) is 55.3 Å². The molecule has 0 bridgehead atoms. The van der Waals surface area contributed by atoms with Crippen LogP contribution in [0.15, 0.2) is 76.8 Å². The van der Waals surface area contributed by atoms with E-state index in [1.165, 1.54) is 29.2 Å². The number of ether oxygens (including phenoxy) is 2. The van der Waals surface area contributed by atoms with E-state index in [2.05, 4.69) is 4.99 Å². The summed E-state index contributed by atoms with van der Waals surface area (Å²) in [4.78, 5) is 43.5. The summed E-state index contributed by atoms with van der Waals surface area (Å²) in [5.74, 6) is -0.390. The van der Waals surface area contributed by atoms with Crippen LogP contribution in [0.1, 0.15) is 20.7 Å². The number of hydrogen-bond donors (Lipinski definition) is 4. The number of carbonyl (C=O) groups excluding carboxylic acids is 3. The van der Waals surface area contributed by atoms with Gasteiger partial charge in [0.1, 0.15) is 12.4 Å². The Morgan fingerprint density at radius 2 is 1.81 bits per heavy atom. The van der Waals surface area contributed by atoms with Gasteiger partial charge < -0.3 is 32.1 Å². The summed E-state index contributed by atoms with van der Waals surface area (Å²) >= 11 is 0. The SMILES string of the molecule is N=C1C=CC2=C(C(=O)c3ccc(N(CN)C(N)=NCCOC(=O)Oc4ccccc4)cc3C2=O)C1N. The van der Waals surface area contributed by atoms with Crippen LogP contribution in [0, 0.1) is 5.41 Å². The van der Waals surface area contributed by atoms with Gasteiger partial charge in [0.25, 0.3) is 0 Å². The Morgan fingerprint density at radius 3 is 2.53 bits per heavy atom. The van der Waals surface area contributed by atoms with Crippen molar-refractivity contribution < 1.29 is 23.9 Å². The molecule has 2 aliphatic rings. The molecule has 11 heteroatoms. The van der Waals surface area contributed by atoms with Crippen LogP contribution >= 0.6 is 0 Å². The molecule has 0 aliphatic heterocycles. The van der Waals surface area contributed by atoms with E-state index in [9.17, 15) is 14.4 Å². The van der Waals surface area contributed by atoms with Crippen LogP contribution in [0.4, 0.5) is 10.5 Å². The standard InChI is InChI=1S/C25H24N6O5/c26-13-31(24(29)30-10-11-35-25(34)36-15-4-2-1-3-5-15)14-6-7-16-18(12-14)22(32)17-8-9-19(27)21(28)20(17)23(16)33/h1-9,12,21,27H,10-11,13,26,28H2,(H2,29,30). The number of nitrogens with one attached hydrogen (secondary N) is 1. The van der Waals surface area contributed by atoms with Crippen LogP contribution in [0.25, 0.3) is 0 Å². The molecular weight excluding hydrogens is 464 g/mol. The van der Waals surface area contributed by atoms with Gasteiger partial charge in [0.2, 0.25) is 0 Å². The number of guanidine groups is 1. The number of ketones is 2. The molecule has 11 nitrogen and oxygen atoms in total. The van der Waals surface area contributed by atoms with Crippen molar-refractivity contribution in [3.8, 4) is 5.75 Å². The maximum atomic E-state index is 13.1. The van der Waals surface area contributed by atoms with Crippen molar-refractivity contribution in [3.63, 3.8) is 0 Å². The van der Waals surface area contributed by atoms with E-state index in [4.69, 9.17) is 32.1 Å². The number of carbonyl (C=O) groups is 3. The molecule has 184 valence electrons. The average molecular weight is 489 g/mol. The van der Waals surface area contributed by atoms with Crippen molar-refractivity contribution in [2.75, 3.05) is 24.7 Å². The van der Waals surface area contributed by atoms with E-state index in [-0.39, 0.29) is 59.5 Å². The number of nitrogens with two attached hydrogens (primary N) is 3. The Hall–Kier alpha value is -4.61. The Bertz CT molecular complexity index is 1330. The first-order valence-corrected chi connectivity index (χ1v) is 11.0. The third-order valence-corrected chi connectivity index (χ3v) is 5.65. The van der Waals surface area contributed by atoms with E-state index >= 15 is 0 Å². The lowest BCUT2D eigenvalue weighted by atomic mass is 9.77. The zero-order chi connectivity index (χ0) is 25.8. The third kappa shape index (κ3) is 4.78. The Morgan fingerprint density at radius 1 is 1.06 bits per heavy atom. The van der Waals surface area contributed by atoms with Crippen molar-refractivity contribution in [2.24, 2.45) is 22.2 Å². The van der Waals surface area contributed by atoms with Crippen LogP contribution in [0.2, 0.25) is 0 Å². The summed E-state index contributed by atoms with van der Waals surface area (Å²) in [6.45, 7) is -0.108. The van der Waals surface area contributed by atoms with Crippen LogP contribution in [0.5, 0.6) is 5.75 Å². The van der Waals surface area contributed by atoms with Gasteiger partial charge in [-0.1, -0.05) is 18.2 Å². The van der Waals surface area contributed by atoms with Gasteiger partial charge >= 0.3 is 6.16 Å². The predicted octanol–water partition coefficient (Wildman–Crippen LogP) is 1.53. The van der Waals surface area contributed by atoms with Gasteiger partial charge in [0.05, 0.1) is 25.0 Å². The van der Waals surface area contributed by atoms with E-state index < -0.39 is 18.0 Å². The average Bonchev–Trinajstić information content (AvgIpc) is 2.88. The number of Topliss-reactive ketones (excluding diaryl/α,β-unsaturated/α-hetero) is 2. The Labute approximate surface area is 206 Å². The highest BCUT2D eigenvalue weighted by Gasteiger charge is 2.37. The zero-order valence-electron chi connectivity index (χ0n) is 19.1. The van der Waals surface area contributed by atoms with E-state index in [0.717, 1.165) is 0 Å². The number of nitrogens with zero attached hydrogens (tertiary/aromatic N) is 2. The molecule has 0 heterocycles. The molecule has 0 fully saturated rings. The van der Waals surface area contributed by atoms with Crippen molar-refractivity contribution in [2.45, 2.75) is 6.04 Å². The lowest BCUT2D eigenvalue weighted by Crippen LogP contribution is -2.42. The van der Waals surface area contributed by atoms with Crippen molar-refractivity contribution in [3.05, 3.63) is 83.0 Å². The lowest BCUT2D eigenvalue weighted by molar-refractivity contribution is 0.0974. The molecule has 0 spiro atoms. The monoisotopic (exact) mass is 488 g/mol. The predicted molar refractivity (Wildman–Crippen MR) is 133 cm³/mol. The summed E-state index contributed by atoms with van der Waals surface area (Å²) in [6.07, 6.45) is 1.98. The molecule has 0 aromatic heterocycles. The van der Waals surface area contributed by atoms with E-state index in [1.54, 1.807) is 36.4 Å². The molecule has 1 atom stereocenters. The Kier molecular flexibility index (Phi) is 7.04. The van der Waals surface area contributed by atoms with Gasteiger partial charge in [-0.2, -0.15) is 0 Å². The quantitative estimate of drug-likeness (QED) is 0.117. The molecule has 0 amide bonds. The van der Waals surface area contributed by atoms with Crippen molar-refractivity contribution >= 4 is 35.1 Å². The van der Waals surface area contributed by atoms with Gasteiger partial charge in [0, 0.05) is 28.0 Å². The summed E-state index contributed by atoms with van der Waals surface area (Å²) in [5, 5.41) is 7.87. The number of anilines is 1. The highest BCUT2D eigenvalue weighted by molar-refractivity contribution is 6.31. The molecule has 36 heavy (non-hydrogen) atoms. The first-order valence-electron chi connectivity index (χ1n) is 11.0. The fraction of sp³-hybridized carbons (Fsp3) is 0.160. The second-order valence-electron chi connectivity index (χ2n) is 7.85. The van der Waals surface area contributed by atoms with Gasteiger partial charge in [-0.3, -0.25) is 14.5 Å². The molecular formula is C25H24N6O5. The first kappa shape index (κ1) is 24.5. The number of para-hydroxylation sites is 1. The van der Waals surface area contributed by atoms with Crippen LogP contribution in [0.3, 0.4) is 0 Å². The van der Waals surface area contributed by atoms with Gasteiger partial charge in [-0.25, -0.2) is 9.79 Å². The fourth-order valence-electron chi connectivity index (χ4n) is 3.85. The zero-order valence-corrected chi connectivity index (χ0v) is 19.1. The number of allylic oxidation sites excluding steroid dienone is 2. The number of fused-ring (bicyclic) bond motifs is 1. The maximum absolute atomic E-state index is 13.1. The molecule has 0 saturated carbocycles. The van der Waals surface area contributed by atoms with E-state index in [1.807, 2.05) is 0 Å². The smallest absolute Gasteiger partial charge is 0.432 e. The largest absolute Gasteiger partial charge is 0.513 e. The molecule has 2 aromatic carbocycles. The molecule has 2 aromatic rings. The van der Waals surface area contributed by atoms with E-state index in [0.29, 0.717) is 11.4 Å². The normalized spacial score (nSPS) is 17.0. The topological polar surface area (TPSA) is 187 Å². The second kappa shape index (κ2) is 10.3. The minimum Gasteiger partial charge on any atom is -0.432 e. The Balaban J connectivity index is 1.45. The number of rotatable bonds is 6. The van der Waals surface area contributed by atoms with Gasteiger partial charge in [-0.15, -0.1) is 0 Å². The molecule has 2 aliphatic carbocycles. The minimum absolute atomic E-state index is 0.0278.